The van der Waals surface area contributed by atoms with Crippen molar-refractivity contribution in [2.45, 2.75) is 13.8 Å². The van der Waals surface area contributed by atoms with Gasteiger partial charge in [0.2, 0.25) is 5.75 Å². The zero-order chi connectivity index (χ0) is 19.9. The van der Waals surface area contributed by atoms with Crippen molar-refractivity contribution < 1.29 is 28.2 Å². The van der Waals surface area contributed by atoms with Gasteiger partial charge in [0, 0.05) is 36.4 Å². The maximum Gasteiger partial charge on any atom is 0.332 e. The number of aromatic nitrogens is 1. The zero-order valence-electron chi connectivity index (χ0n) is 15.9. The lowest BCUT2D eigenvalue weighted by Gasteiger charge is -2.27. The summed E-state index contributed by atoms with van der Waals surface area (Å²) in [5.41, 5.74) is 1.37. The number of rotatable bonds is 10. The van der Waals surface area contributed by atoms with Gasteiger partial charge in [-0.25, -0.2) is 0 Å². The van der Waals surface area contributed by atoms with Gasteiger partial charge in [0.25, 0.3) is 0 Å². The molecule has 9 heteroatoms. The van der Waals surface area contributed by atoms with Gasteiger partial charge in [-0.2, -0.15) is 0 Å². The van der Waals surface area contributed by atoms with Gasteiger partial charge in [0.15, 0.2) is 11.5 Å². The minimum absolute atomic E-state index is 0.0355. The molecule has 148 valence electrons. The van der Waals surface area contributed by atoms with Crippen LogP contribution in [0.3, 0.4) is 0 Å². The summed E-state index contributed by atoms with van der Waals surface area (Å²) in [6, 6.07) is 6.85. The van der Waals surface area contributed by atoms with Crippen LogP contribution in [0.4, 0.5) is 11.4 Å². The number of aromatic hydroxyl groups is 1. The van der Waals surface area contributed by atoms with E-state index in [2.05, 4.69) is 4.98 Å². The van der Waals surface area contributed by atoms with Gasteiger partial charge in [0.05, 0.1) is 26.5 Å². The van der Waals surface area contributed by atoms with Crippen molar-refractivity contribution in [3.63, 3.8) is 0 Å². The third-order valence-corrected chi connectivity index (χ3v) is 5.78. The quantitative estimate of drug-likeness (QED) is 0.473. The third-order valence-electron chi connectivity index (χ3n) is 3.85. The molecule has 0 aliphatic heterocycles. The molecule has 0 saturated carbocycles. The Morgan fingerprint density at radius 1 is 1.04 bits per heavy atom. The van der Waals surface area contributed by atoms with E-state index < -0.39 is 7.60 Å². The Morgan fingerprint density at radius 2 is 1.63 bits per heavy atom. The lowest BCUT2D eigenvalue weighted by molar-refractivity contribution is 0.216. The van der Waals surface area contributed by atoms with Crippen LogP contribution in [0, 0.1) is 0 Å². The second-order valence-electron chi connectivity index (χ2n) is 5.44. The highest BCUT2D eigenvalue weighted by Crippen LogP contribution is 2.49. The first-order valence-electron chi connectivity index (χ1n) is 8.48. The van der Waals surface area contributed by atoms with Gasteiger partial charge in [-0.1, -0.05) is 6.92 Å². The SMILES string of the molecule is CCOP(=O)(CC)OCN(c1ccncc1)c1cc(OC)c(O)c(OC)c1. The normalized spacial score (nSPS) is 13.0. The minimum Gasteiger partial charge on any atom is -0.502 e. The first-order valence-corrected chi connectivity index (χ1v) is 10.2. The summed E-state index contributed by atoms with van der Waals surface area (Å²) in [4.78, 5) is 5.78. The Labute approximate surface area is 159 Å². The number of phenolic OH excluding ortho intramolecular Hbond substituents is 1. The summed E-state index contributed by atoms with van der Waals surface area (Å²) in [5.74, 6) is 0.381. The monoisotopic (exact) mass is 396 g/mol. The molecule has 1 unspecified atom stereocenters. The Bertz CT molecular complexity index is 762. The van der Waals surface area contributed by atoms with Crippen molar-refractivity contribution in [3.8, 4) is 17.2 Å². The summed E-state index contributed by atoms with van der Waals surface area (Å²) >= 11 is 0. The molecular weight excluding hydrogens is 371 g/mol. The summed E-state index contributed by atoms with van der Waals surface area (Å²) in [7, 11) is -0.311. The number of hydrogen-bond donors (Lipinski definition) is 1. The number of hydrogen-bond acceptors (Lipinski definition) is 8. The van der Waals surface area contributed by atoms with E-state index in [1.54, 1.807) is 55.4 Å². The van der Waals surface area contributed by atoms with E-state index in [1.165, 1.54) is 14.2 Å². The third kappa shape index (κ3) is 5.13. The molecular formula is C18H25N2O6P. The van der Waals surface area contributed by atoms with Gasteiger partial charge < -0.3 is 24.0 Å². The lowest BCUT2D eigenvalue weighted by atomic mass is 10.2. The van der Waals surface area contributed by atoms with Gasteiger partial charge >= 0.3 is 7.60 Å². The van der Waals surface area contributed by atoms with E-state index in [0.29, 0.717) is 12.3 Å². The van der Waals surface area contributed by atoms with Crippen molar-refractivity contribution in [1.82, 2.24) is 4.98 Å². The maximum atomic E-state index is 12.7. The zero-order valence-corrected chi connectivity index (χ0v) is 16.8. The van der Waals surface area contributed by atoms with E-state index in [4.69, 9.17) is 18.5 Å². The van der Waals surface area contributed by atoms with Crippen LogP contribution in [0.5, 0.6) is 17.2 Å². The number of ether oxygens (including phenoxy) is 2. The molecule has 0 fully saturated rings. The van der Waals surface area contributed by atoms with E-state index in [1.807, 2.05) is 0 Å². The molecule has 0 saturated heterocycles. The number of methoxy groups -OCH3 is 2. The topological polar surface area (TPSA) is 90.4 Å². The molecule has 2 aromatic rings. The Balaban J connectivity index is 2.44. The van der Waals surface area contributed by atoms with Crippen molar-refractivity contribution in [2.75, 3.05) is 38.6 Å². The van der Waals surface area contributed by atoms with Crippen LogP contribution in [0.15, 0.2) is 36.7 Å². The summed E-state index contributed by atoms with van der Waals surface area (Å²) in [6.07, 6.45) is 3.53. The van der Waals surface area contributed by atoms with Gasteiger partial charge in [-0.15, -0.1) is 0 Å². The molecule has 1 aromatic carbocycles. The van der Waals surface area contributed by atoms with Gasteiger partial charge in [-0.3, -0.25) is 14.1 Å². The van der Waals surface area contributed by atoms with Crippen LogP contribution in [0.1, 0.15) is 13.8 Å². The molecule has 1 heterocycles. The fourth-order valence-corrected chi connectivity index (χ4v) is 3.54. The summed E-state index contributed by atoms with van der Waals surface area (Å²) in [5, 5.41) is 10.2. The first kappa shape index (κ1) is 21.0. The molecule has 1 atom stereocenters. The predicted octanol–water partition coefficient (Wildman–Crippen LogP) is 4.17. The van der Waals surface area contributed by atoms with Gasteiger partial charge in [-0.05, 0) is 19.1 Å². The molecule has 2 rings (SSSR count). The Morgan fingerprint density at radius 3 is 2.11 bits per heavy atom. The van der Waals surface area contributed by atoms with E-state index in [-0.39, 0.29) is 30.1 Å². The number of nitrogens with zero attached hydrogens (tertiary/aromatic N) is 2. The molecule has 0 spiro atoms. The number of anilines is 2. The van der Waals surface area contributed by atoms with Crippen molar-refractivity contribution in [2.24, 2.45) is 0 Å². The molecule has 1 N–H and O–H groups in total. The molecule has 8 nitrogen and oxygen atoms in total. The number of benzene rings is 1. The second kappa shape index (κ2) is 9.60. The average molecular weight is 396 g/mol. The first-order chi connectivity index (χ1) is 13.0. The van der Waals surface area contributed by atoms with Crippen LogP contribution in [-0.2, 0) is 13.6 Å². The highest BCUT2D eigenvalue weighted by molar-refractivity contribution is 7.53. The largest absolute Gasteiger partial charge is 0.502 e. The average Bonchev–Trinajstić information content (AvgIpc) is 2.70. The van der Waals surface area contributed by atoms with Crippen LogP contribution in [0.25, 0.3) is 0 Å². The molecule has 0 aliphatic rings. The molecule has 0 bridgehead atoms. The highest BCUT2D eigenvalue weighted by atomic mass is 31.2. The fraction of sp³-hybridized carbons (Fsp3) is 0.389. The Kier molecular flexibility index (Phi) is 7.47. The van der Waals surface area contributed by atoms with Crippen LogP contribution in [0.2, 0.25) is 0 Å². The molecule has 0 aliphatic carbocycles. The molecule has 0 amide bonds. The summed E-state index contributed by atoms with van der Waals surface area (Å²) < 4.78 is 34.1. The second-order valence-corrected chi connectivity index (χ2v) is 7.81. The maximum absolute atomic E-state index is 12.7. The van der Waals surface area contributed by atoms with Crippen molar-refractivity contribution in [1.29, 1.82) is 0 Å². The molecule has 1 aromatic heterocycles. The summed E-state index contributed by atoms with van der Waals surface area (Å²) in [6.45, 7) is 3.77. The van der Waals surface area contributed by atoms with Crippen molar-refractivity contribution in [3.05, 3.63) is 36.7 Å². The van der Waals surface area contributed by atoms with Gasteiger partial charge in [0.1, 0.15) is 6.73 Å². The number of pyridine rings is 1. The van der Waals surface area contributed by atoms with E-state index in [9.17, 15) is 9.67 Å². The predicted molar refractivity (Wildman–Crippen MR) is 103 cm³/mol. The smallest absolute Gasteiger partial charge is 0.332 e. The standard InChI is InChI=1S/C18H25N2O6P/c1-5-25-27(22,6-2)26-13-20(14-7-9-19-10-8-14)15-11-16(23-3)18(21)17(12-15)24-4/h7-12,21H,5-6,13H2,1-4H3. The van der Waals surface area contributed by atoms with Crippen LogP contribution < -0.4 is 14.4 Å². The fourth-order valence-electron chi connectivity index (χ4n) is 2.42. The lowest BCUT2D eigenvalue weighted by Crippen LogP contribution is -2.21. The highest BCUT2D eigenvalue weighted by Gasteiger charge is 2.24. The van der Waals surface area contributed by atoms with E-state index in [0.717, 1.165) is 5.69 Å². The molecule has 0 radical (unpaired) electrons. The van der Waals surface area contributed by atoms with Crippen molar-refractivity contribution >= 4 is 19.0 Å². The number of phenols is 1. The molecule has 27 heavy (non-hydrogen) atoms. The Hall–Kier alpha value is -2.28. The van der Waals surface area contributed by atoms with E-state index >= 15 is 0 Å². The van der Waals surface area contributed by atoms with Crippen LogP contribution in [-0.4, -0.2) is 43.8 Å². The van der Waals surface area contributed by atoms with Crippen LogP contribution >= 0.6 is 7.60 Å². The minimum atomic E-state index is -3.21.